The van der Waals surface area contributed by atoms with Crippen LogP contribution in [0, 0.1) is 11.3 Å². The van der Waals surface area contributed by atoms with E-state index in [1.165, 1.54) is 0 Å². The summed E-state index contributed by atoms with van der Waals surface area (Å²) in [5.74, 6) is 0.349. The third-order valence-electron chi connectivity index (χ3n) is 1.84. The zero-order chi connectivity index (χ0) is 10.0. The smallest absolute Gasteiger partial charge is 0.101 e. The van der Waals surface area contributed by atoms with Gasteiger partial charge in [-0.2, -0.15) is 5.26 Å². The highest BCUT2D eigenvalue weighted by atomic mass is 35.5. The Hall–Kier alpha value is -0.710. The van der Waals surface area contributed by atoms with Gasteiger partial charge in [0.05, 0.1) is 15.6 Å². The quantitative estimate of drug-likeness (QED) is 0.693. The van der Waals surface area contributed by atoms with Crippen molar-refractivity contribution in [3.63, 3.8) is 0 Å². The van der Waals surface area contributed by atoms with Crippen LogP contribution in [0.2, 0.25) is 10.0 Å². The first kappa shape index (κ1) is 10.4. The van der Waals surface area contributed by atoms with Gasteiger partial charge in [-0.15, -0.1) is 0 Å². The van der Waals surface area contributed by atoms with Crippen LogP contribution in [0.3, 0.4) is 0 Å². The van der Waals surface area contributed by atoms with Gasteiger partial charge in [0.2, 0.25) is 0 Å². The van der Waals surface area contributed by atoms with Gasteiger partial charge in [-0.1, -0.05) is 37.0 Å². The number of hydrogen-bond acceptors (Lipinski definition) is 1. The Morgan fingerprint density at radius 1 is 1.31 bits per heavy atom. The number of hydrogen-bond donors (Lipinski definition) is 0. The van der Waals surface area contributed by atoms with E-state index in [0.717, 1.165) is 5.56 Å². The van der Waals surface area contributed by atoms with Crippen LogP contribution in [0.25, 0.3) is 0 Å². The van der Waals surface area contributed by atoms with Crippen LogP contribution in [0.1, 0.15) is 30.9 Å². The van der Waals surface area contributed by atoms with Gasteiger partial charge in [-0.25, -0.2) is 0 Å². The average Bonchev–Trinajstić information content (AvgIpc) is 2.09. The average molecular weight is 214 g/mol. The largest absolute Gasteiger partial charge is 0.192 e. The lowest BCUT2D eigenvalue weighted by Gasteiger charge is -2.07. The molecule has 0 aliphatic heterocycles. The maximum atomic E-state index is 8.76. The Kier molecular flexibility index (Phi) is 3.19. The van der Waals surface area contributed by atoms with E-state index >= 15 is 0 Å². The van der Waals surface area contributed by atoms with Crippen molar-refractivity contribution < 1.29 is 0 Å². The van der Waals surface area contributed by atoms with Crippen molar-refractivity contribution in [2.75, 3.05) is 0 Å². The standard InChI is InChI=1S/C10H9Cl2N/c1-6(2)7-3-8(5-13)10(12)9(11)4-7/h3-4,6H,1-2H3. The van der Waals surface area contributed by atoms with Crippen LogP contribution in [0.4, 0.5) is 0 Å². The van der Waals surface area contributed by atoms with Crippen molar-refractivity contribution >= 4 is 23.2 Å². The van der Waals surface area contributed by atoms with Gasteiger partial charge in [0.25, 0.3) is 0 Å². The van der Waals surface area contributed by atoms with E-state index < -0.39 is 0 Å². The molecule has 3 heteroatoms. The summed E-state index contributed by atoms with van der Waals surface area (Å²) in [5, 5.41) is 9.55. The zero-order valence-corrected chi connectivity index (χ0v) is 8.95. The molecule has 13 heavy (non-hydrogen) atoms. The zero-order valence-electron chi connectivity index (χ0n) is 7.44. The molecule has 0 aromatic heterocycles. The minimum atomic E-state index is 0.341. The molecule has 0 fully saturated rings. The van der Waals surface area contributed by atoms with Crippen LogP contribution in [-0.4, -0.2) is 0 Å². The van der Waals surface area contributed by atoms with Crippen molar-refractivity contribution in [3.05, 3.63) is 33.3 Å². The summed E-state index contributed by atoms with van der Waals surface area (Å²) in [5.41, 5.74) is 1.48. The Bertz CT molecular complexity index is 364. The van der Waals surface area contributed by atoms with Crippen molar-refractivity contribution in [2.24, 2.45) is 0 Å². The van der Waals surface area contributed by atoms with E-state index in [1.54, 1.807) is 12.1 Å². The second-order valence-corrected chi connectivity index (χ2v) is 3.92. The fourth-order valence-electron chi connectivity index (χ4n) is 1.02. The third kappa shape index (κ3) is 2.15. The number of nitrogens with zero attached hydrogens (tertiary/aromatic N) is 1. The number of benzene rings is 1. The molecule has 0 aliphatic rings. The Morgan fingerprint density at radius 3 is 2.38 bits per heavy atom. The molecule has 0 saturated heterocycles. The molecule has 0 radical (unpaired) electrons. The molecule has 0 spiro atoms. The van der Waals surface area contributed by atoms with Gasteiger partial charge >= 0.3 is 0 Å². The van der Waals surface area contributed by atoms with Gasteiger partial charge in [0.1, 0.15) is 6.07 Å². The molecular formula is C10H9Cl2N. The monoisotopic (exact) mass is 213 g/mol. The van der Waals surface area contributed by atoms with Crippen molar-refractivity contribution in [1.82, 2.24) is 0 Å². The Balaban J connectivity index is 3.32. The second kappa shape index (κ2) is 4.00. The topological polar surface area (TPSA) is 23.8 Å². The van der Waals surface area contributed by atoms with E-state index in [4.69, 9.17) is 28.5 Å². The fraction of sp³-hybridized carbons (Fsp3) is 0.300. The molecule has 1 rings (SSSR count). The fourth-order valence-corrected chi connectivity index (χ4v) is 1.40. The first-order chi connectivity index (χ1) is 6.06. The van der Waals surface area contributed by atoms with Crippen molar-refractivity contribution in [2.45, 2.75) is 19.8 Å². The van der Waals surface area contributed by atoms with Crippen LogP contribution < -0.4 is 0 Å². The van der Waals surface area contributed by atoms with Gasteiger partial charge in [0.15, 0.2) is 0 Å². The molecular weight excluding hydrogens is 205 g/mol. The molecule has 0 N–H and O–H groups in total. The molecule has 0 amide bonds. The predicted octanol–water partition coefficient (Wildman–Crippen LogP) is 3.99. The van der Waals surface area contributed by atoms with E-state index in [0.29, 0.717) is 21.5 Å². The van der Waals surface area contributed by atoms with Crippen LogP contribution in [-0.2, 0) is 0 Å². The minimum Gasteiger partial charge on any atom is -0.192 e. The Morgan fingerprint density at radius 2 is 1.92 bits per heavy atom. The highest BCUT2D eigenvalue weighted by molar-refractivity contribution is 6.42. The Labute approximate surface area is 87.9 Å². The van der Waals surface area contributed by atoms with E-state index in [9.17, 15) is 0 Å². The van der Waals surface area contributed by atoms with Gasteiger partial charge < -0.3 is 0 Å². The van der Waals surface area contributed by atoms with Gasteiger partial charge in [-0.05, 0) is 23.6 Å². The molecule has 1 aromatic rings. The van der Waals surface area contributed by atoms with E-state index in [2.05, 4.69) is 0 Å². The van der Waals surface area contributed by atoms with E-state index in [-0.39, 0.29) is 0 Å². The number of rotatable bonds is 1. The summed E-state index contributed by atoms with van der Waals surface area (Å²) >= 11 is 11.7. The lowest BCUT2D eigenvalue weighted by molar-refractivity contribution is 0.866. The molecule has 0 unspecified atom stereocenters. The summed E-state index contributed by atoms with van der Waals surface area (Å²) in [7, 11) is 0. The summed E-state index contributed by atoms with van der Waals surface area (Å²) in [6.45, 7) is 4.08. The SMILES string of the molecule is CC(C)c1cc(Cl)c(Cl)c(C#N)c1. The van der Waals surface area contributed by atoms with Crippen LogP contribution >= 0.6 is 23.2 Å². The first-order valence-corrected chi connectivity index (χ1v) is 4.71. The third-order valence-corrected chi connectivity index (χ3v) is 2.64. The lowest BCUT2D eigenvalue weighted by Crippen LogP contribution is -1.90. The van der Waals surface area contributed by atoms with Crippen LogP contribution in [0.5, 0.6) is 0 Å². The van der Waals surface area contributed by atoms with Crippen molar-refractivity contribution in [3.8, 4) is 6.07 Å². The maximum absolute atomic E-state index is 8.76. The molecule has 1 aromatic carbocycles. The molecule has 0 heterocycles. The highest BCUT2D eigenvalue weighted by Gasteiger charge is 2.08. The summed E-state index contributed by atoms with van der Waals surface area (Å²) in [4.78, 5) is 0. The van der Waals surface area contributed by atoms with Gasteiger partial charge in [0, 0.05) is 0 Å². The second-order valence-electron chi connectivity index (χ2n) is 3.13. The van der Waals surface area contributed by atoms with Crippen LogP contribution in [0.15, 0.2) is 12.1 Å². The highest BCUT2D eigenvalue weighted by Crippen LogP contribution is 2.29. The summed E-state index contributed by atoms with van der Waals surface area (Å²) in [6.07, 6.45) is 0. The summed E-state index contributed by atoms with van der Waals surface area (Å²) in [6, 6.07) is 5.59. The predicted molar refractivity (Wildman–Crippen MR) is 55.3 cm³/mol. The molecule has 0 aliphatic carbocycles. The minimum absolute atomic E-state index is 0.341. The first-order valence-electron chi connectivity index (χ1n) is 3.95. The summed E-state index contributed by atoms with van der Waals surface area (Å²) < 4.78 is 0. The molecule has 1 nitrogen and oxygen atoms in total. The molecule has 0 saturated carbocycles. The molecule has 0 bridgehead atoms. The molecule has 0 atom stereocenters. The molecule has 68 valence electrons. The van der Waals surface area contributed by atoms with E-state index in [1.807, 2.05) is 19.9 Å². The number of nitriles is 1. The maximum Gasteiger partial charge on any atom is 0.101 e. The normalized spacial score (nSPS) is 10.2. The number of halogens is 2. The lowest BCUT2D eigenvalue weighted by atomic mass is 10.0. The van der Waals surface area contributed by atoms with Crippen molar-refractivity contribution in [1.29, 1.82) is 5.26 Å². The van der Waals surface area contributed by atoms with Gasteiger partial charge in [-0.3, -0.25) is 0 Å².